The van der Waals surface area contributed by atoms with Crippen LogP contribution in [0.1, 0.15) is 38.3 Å². The average molecular weight is 333 g/mol. The molecule has 134 valence electrons. The molecule has 5 heteroatoms. The molecule has 0 saturated carbocycles. The maximum Gasteiger partial charge on any atom is 0.317 e. The van der Waals surface area contributed by atoms with Crippen molar-refractivity contribution in [2.24, 2.45) is 0 Å². The summed E-state index contributed by atoms with van der Waals surface area (Å²) in [7, 11) is 0. The van der Waals surface area contributed by atoms with E-state index in [0.717, 1.165) is 32.5 Å². The van der Waals surface area contributed by atoms with Gasteiger partial charge in [0, 0.05) is 38.8 Å². The van der Waals surface area contributed by atoms with Gasteiger partial charge in [0.05, 0.1) is 6.10 Å². The third-order valence-electron chi connectivity index (χ3n) is 4.48. The lowest BCUT2D eigenvalue weighted by Crippen LogP contribution is -2.47. The van der Waals surface area contributed by atoms with Crippen molar-refractivity contribution in [1.82, 2.24) is 15.1 Å². The second-order valence-electron chi connectivity index (χ2n) is 6.98. The van der Waals surface area contributed by atoms with E-state index in [0.29, 0.717) is 13.1 Å². The highest BCUT2D eigenvalue weighted by Crippen LogP contribution is 2.18. The van der Waals surface area contributed by atoms with Gasteiger partial charge in [-0.05, 0) is 44.7 Å². The summed E-state index contributed by atoms with van der Waals surface area (Å²) in [5.74, 6) is 0. The van der Waals surface area contributed by atoms with Crippen LogP contribution in [0.3, 0.4) is 0 Å². The van der Waals surface area contributed by atoms with Crippen LogP contribution in [0.15, 0.2) is 24.3 Å². The number of hydrogen-bond acceptors (Lipinski definition) is 3. The molecule has 1 heterocycles. The van der Waals surface area contributed by atoms with Crippen molar-refractivity contribution < 1.29 is 9.90 Å². The fourth-order valence-electron chi connectivity index (χ4n) is 3.16. The van der Waals surface area contributed by atoms with Gasteiger partial charge < -0.3 is 15.3 Å². The van der Waals surface area contributed by atoms with E-state index in [-0.39, 0.29) is 12.1 Å². The van der Waals surface area contributed by atoms with Crippen LogP contribution in [0.5, 0.6) is 0 Å². The molecule has 1 aliphatic heterocycles. The third kappa shape index (κ3) is 5.49. The normalized spacial score (nSPS) is 15.9. The first-order valence-electron chi connectivity index (χ1n) is 8.99. The molecule has 5 nitrogen and oxygen atoms in total. The van der Waals surface area contributed by atoms with Gasteiger partial charge in [-0.15, -0.1) is 0 Å². The van der Waals surface area contributed by atoms with Gasteiger partial charge in [0.1, 0.15) is 0 Å². The number of hydrogen-bond donors (Lipinski definition) is 2. The van der Waals surface area contributed by atoms with Gasteiger partial charge in [-0.1, -0.05) is 24.3 Å². The lowest BCUT2D eigenvalue weighted by molar-refractivity contribution is 0.118. The Morgan fingerprint density at radius 2 is 2.00 bits per heavy atom. The molecule has 1 atom stereocenters. The lowest BCUT2D eigenvalue weighted by Gasteiger charge is -2.30. The number of aliphatic hydroxyl groups excluding tert-OH is 1. The standard InChI is InChI=1S/C19H31N3O2/c1-15(2)22(13-16(3)23)19(24)20-10-6-11-21-12-9-17-7-4-5-8-18(17)14-21/h4-5,7-8,15-16,23H,6,9-14H2,1-3H3,(H,20,24). The summed E-state index contributed by atoms with van der Waals surface area (Å²) in [4.78, 5) is 16.4. The van der Waals surface area contributed by atoms with E-state index in [9.17, 15) is 9.90 Å². The average Bonchev–Trinajstić information content (AvgIpc) is 2.55. The van der Waals surface area contributed by atoms with Crippen molar-refractivity contribution in [3.05, 3.63) is 35.4 Å². The maximum absolute atomic E-state index is 12.2. The van der Waals surface area contributed by atoms with E-state index in [1.54, 1.807) is 11.8 Å². The number of carbonyl (C=O) groups excluding carboxylic acids is 1. The molecule has 1 unspecified atom stereocenters. The Morgan fingerprint density at radius 1 is 1.29 bits per heavy atom. The number of carbonyl (C=O) groups is 1. The smallest absolute Gasteiger partial charge is 0.317 e. The first-order chi connectivity index (χ1) is 11.5. The summed E-state index contributed by atoms with van der Waals surface area (Å²) in [5.41, 5.74) is 2.89. The molecule has 2 N–H and O–H groups in total. The van der Waals surface area contributed by atoms with E-state index >= 15 is 0 Å². The first kappa shape index (κ1) is 18.7. The molecule has 2 amide bonds. The number of rotatable bonds is 7. The molecule has 0 radical (unpaired) electrons. The van der Waals surface area contributed by atoms with Crippen LogP contribution in [0.25, 0.3) is 0 Å². The van der Waals surface area contributed by atoms with E-state index < -0.39 is 6.10 Å². The molecule has 0 spiro atoms. The molecule has 2 rings (SSSR count). The zero-order valence-corrected chi connectivity index (χ0v) is 15.2. The minimum atomic E-state index is -0.508. The lowest BCUT2D eigenvalue weighted by atomic mass is 10.00. The number of urea groups is 1. The number of benzene rings is 1. The topological polar surface area (TPSA) is 55.8 Å². The molecule has 24 heavy (non-hydrogen) atoms. The molecule has 0 aliphatic carbocycles. The van der Waals surface area contributed by atoms with Gasteiger partial charge in [0.15, 0.2) is 0 Å². The Kier molecular flexibility index (Phi) is 7.06. The van der Waals surface area contributed by atoms with E-state index in [1.165, 1.54) is 11.1 Å². The van der Waals surface area contributed by atoms with Crippen molar-refractivity contribution in [1.29, 1.82) is 0 Å². The van der Waals surface area contributed by atoms with E-state index in [4.69, 9.17) is 0 Å². The number of nitrogens with zero attached hydrogens (tertiary/aromatic N) is 2. The summed E-state index contributed by atoms with van der Waals surface area (Å²) < 4.78 is 0. The van der Waals surface area contributed by atoms with Crippen LogP contribution in [0, 0.1) is 0 Å². The van der Waals surface area contributed by atoms with E-state index in [1.807, 2.05) is 13.8 Å². The van der Waals surface area contributed by atoms with Crippen molar-refractivity contribution in [2.75, 3.05) is 26.2 Å². The van der Waals surface area contributed by atoms with Gasteiger partial charge >= 0.3 is 6.03 Å². The first-order valence-corrected chi connectivity index (χ1v) is 8.99. The van der Waals surface area contributed by atoms with Crippen LogP contribution < -0.4 is 5.32 Å². The minimum Gasteiger partial charge on any atom is -0.392 e. The Hall–Kier alpha value is -1.59. The highest BCUT2D eigenvalue weighted by Gasteiger charge is 2.19. The van der Waals surface area contributed by atoms with E-state index in [2.05, 4.69) is 34.5 Å². The zero-order chi connectivity index (χ0) is 17.5. The van der Waals surface area contributed by atoms with Gasteiger partial charge in [-0.25, -0.2) is 4.79 Å². The molecule has 0 aromatic heterocycles. The third-order valence-corrected chi connectivity index (χ3v) is 4.48. The molecule has 1 aromatic rings. The van der Waals surface area contributed by atoms with Gasteiger partial charge in [-0.3, -0.25) is 4.90 Å². The molecule has 0 fully saturated rings. The number of amides is 2. The molecule has 0 saturated heterocycles. The largest absolute Gasteiger partial charge is 0.392 e. The van der Waals surface area contributed by atoms with Crippen molar-refractivity contribution in [3.8, 4) is 0 Å². The summed E-state index contributed by atoms with van der Waals surface area (Å²) in [5, 5.41) is 12.5. The predicted octanol–water partition coefficient (Wildman–Crippen LogP) is 2.24. The van der Waals surface area contributed by atoms with Crippen molar-refractivity contribution in [3.63, 3.8) is 0 Å². The predicted molar refractivity (Wildman–Crippen MR) is 97.0 cm³/mol. The monoisotopic (exact) mass is 333 g/mol. The molecular formula is C19H31N3O2. The minimum absolute atomic E-state index is 0.0817. The van der Waals surface area contributed by atoms with Crippen LogP contribution in [-0.4, -0.2) is 59.3 Å². The van der Waals surface area contributed by atoms with Crippen molar-refractivity contribution in [2.45, 2.75) is 52.3 Å². The molecule has 1 aromatic carbocycles. The Morgan fingerprint density at radius 3 is 2.67 bits per heavy atom. The van der Waals surface area contributed by atoms with Crippen LogP contribution in [0.4, 0.5) is 4.79 Å². The summed E-state index contributed by atoms with van der Waals surface area (Å²) in [6.45, 7) is 9.76. The second kappa shape index (κ2) is 9.04. The highest BCUT2D eigenvalue weighted by molar-refractivity contribution is 5.74. The fourth-order valence-corrected chi connectivity index (χ4v) is 3.16. The number of nitrogens with one attached hydrogen (secondary N) is 1. The second-order valence-corrected chi connectivity index (χ2v) is 6.98. The Labute approximate surface area is 145 Å². The van der Waals surface area contributed by atoms with Gasteiger partial charge in [0.25, 0.3) is 0 Å². The zero-order valence-electron chi connectivity index (χ0n) is 15.2. The fraction of sp³-hybridized carbons (Fsp3) is 0.632. The number of aliphatic hydroxyl groups is 1. The van der Waals surface area contributed by atoms with Crippen molar-refractivity contribution >= 4 is 6.03 Å². The summed E-state index contributed by atoms with van der Waals surface area (Å²) in [6.07, 6.45) is 1.54. The maximum atomic E-state index is 12.2. The Balaban J connectivity index is 1.70. The number of fused-ring (bicyclic) bond motifs is 1. The van der Waals surface area contributed by atoms with Crippen LogP contribution in [0.2, 0.25) is 0 Å². The molecular weight excluding hydrogens is 302 g/mol. The Bertz CT molecular complexity index is 531. The molecule has 1 aliphatic rings. The van der Waals surface area contributed by atoms with Gasteiger partial charge in [0.2, 0.25) is 0 Å². The van der Waals surface area contributed by atoms with Gasteiger partial charge in [-0.2, -0.15) is 0 Å². The SMILES string of the molecule is CC(O)CN(C(=O)NCCCN1CCc2ccccc2C1)C(C)C. The summed E-state index contributed by atoms with van der Waals surface area (Å²) in [6, 6.07) is 8.63. The quantitative estimate of drug-likeness (QED) is 0.753. The van der Waals surface area contributed by atoms with Crippen LogP contribution >= 0.6 is 0 Å². The highest BCUT2D eigenvalue weighted by atomic mass is 16.3. The van der Waals surface area contributed by atoms with Crippen LogP contribution in [-0.2, 0) is 13.0 Å². The molecule has 0 bridgehead atoms. The summed E-state index contributed by atoms with van der Waals surface area (Å²) >= 11 is 0.